The third-order valence-corrected chi connectivity index (χ3v) is 8.67. The molecule has 12 heteroatoms. The van der Waals surface area contributed by atoms with Crippen molar-refractivity contribution in [3.63, 3.8) is 0 Å². The number of nitrogens with one attached hydrogen (secondary N) is 2. The van der Waals surface area contributed by atoms with Crippen LogP contribution in [-0.2, 0) is 19.1 Å². The number of benzene rings is 1. The second-order valence-corrected chi connectivity index (χ2v) is 13.2. The summed E-state index contributed by atoms with van der Waals surface area (Å²) >= 11 is 0. The van der Waals surface area contributed by atoms with Gasteiger partial charge in [-0.25, -0.2) is 9.59 Å². The number of hydrogen-bond donors (Lipinski definition) is 3. The van der Waals surface area contributed by atoms with E-state index in [-0.39, 0.29) is 18.9 Å². The minimum Gasteiger partial charge on any atom is -0.479 e. The standard InChI is InChI=1S/C31H42N6O6/c1-18-13-23-24(14-19(18)2)35-37(34-23)21-15-25-26(38)33-31(28(40)41)16-20(31)11-9-7-6-8-10-12-22(27(39)36(25)17-21)32-29(42)43-30(3,4)5/h9,11,13-14,20-22,25H,6-8,10,12,15-17H2,1-5H3,(H,32,42)(H,33,38)(H,40,41)/b11-9-/t20-,21+,22+,25+,31+/m1/s1. The molecule has 3 heterocycles. The summed E-state index contributed by atoms with van der Waals surface area (Å²) in [7, 11) is 0. The Bertz CT molecular complexity index is 1420. The van der Waals surface area contributed by atoms with Crippen molar-refractivity contribution in [2.75, 3.05) is 6.54 Å². The average Bonchev–Trinajstić information content (AvgIpc) is 3.23. The molecule has 12 nitrogen and oxygen atoms in total. The lowest BCUT2D eigenvalue weighted by Crippen LogP contribution is -2.56. The Morgan fingerprint density at radius 2 is 1.77 bits per heavy atom. The van der Waals surface area contributed by atoms with Crippen molar-refractivity contribution in [2.24, 2.45) is 5.92 Å². The number of alkyl carbamates (subject to hydrolysis) is 1. The summed E-state index contributed by atoms with van der Waals surface area (Å²) in [5.74, 6) is -2.36. The number of nitrogens with zero attached hydrogens (tertiary/aromatic N) is 4. The number of carboxylic acids is 1. The first-order chi connectivity index (χ1) is 20.3. The number of aromatic nitrogens is 3. The smallest absolute Gasteiger partial charge is 0.408 e. The predicted octanol–water partition coefficient (Wildman–Crippen LogP) is 3.56. The number of fused-ring (bicyclic) bond motifs is 3. The number of allylic oxidation sites excluding steroid dienone is 1. The Balaban J connectivity index is 1.47. The van der Waals surface area contributed by atoms with E-state index in [1.54, 1.807) is 25.6 Å². The van der Waals surface area contributed by atoms with Crippen molar-refractivity contribution in [3.8, 4) is 0 Å². The van der Waals surface area contributed by atoms with E-state index in [9.17, 15) is 24.3 Å². The Morgan fingerprint density at radius 1 is 1.09 bits per heavy atom. The van der Waals surface area contributed by atoms with Crippen molar-refractivity contribution in [1.29, 1.82) is 0 Å². The van der Waals surface area contributed by atoms with Crippen LogP contribution in [-0.4, -0.2) is 78.6 Å². The molecule has 1 aromatic carbocycles. The molecule has 5 rings (SSSR count). The number of hydrogen-bond acceptors (Lipinski definition) is 7. The number of aryl methyl sites for hydroxylation is 2. The molecule has 1 aliphatic carbocycles. The van der Waals surface area contributed by atoms with Crippen molar-refractivity contribution in [2.45, 2.75) is 109 Å². The first kappa shape index (κ1) is 30.5. The minimum absolute atomic E-state index is 0.131. The number of carboxylic acid groups (broad SMARTS) is 1. The van der Waals surface area contributed by atoms with Gasteiger partial charge in [-0.05, 0) is 83.6 Å². The molecule has 0 bridgehead atoms. The minimum atomic E-state index is -1.40. The zero-order chi connectivity index (χ0) is 31.1. The van der Waals surface area contributed by atoms with Gasteiger partial charge in [0.2, 0.25) is 11.8 Å². The number of amides is 3. The van der Waals surface area contributed by atoms with E-state index in [0.717, 1.165) is 30.4 Å². The van der Waals surface area contributed by atoms with Gasteiger partial charge < -0.3 is 25.4 Å². The summed E-state index contributed by atoms with van der Waals surface area (Å²) in [6.45, 7) is 9.37. The number of ether oxygens (including phenoxy) is 1. The Kier molecular flexibility index (Phi) is 8.24. The monoisotopic (exact) mass is 594 g/mol. The van der Waals surface area contributed by atoms with E-state index >= 15 is 0 Å². The van der Waals surface area contributed by atoms with E-state index in [4.69, 9.17) is 4.74 Å². The molecule has 0 unspecified atom stereocenters. The fourth-order valence-electron chi connectivity index (χ4n) is 6.05. The van der Waals surface area contributed by atoms with Crippen molar-refractivity contribution in [1.82, 2.24) is 30.5 Å². The average molecular weight is 595 g/mol. The van der Waals surface area contributed by atoms with Gasteiger partial charge in [0.25, 0.3) is 0 Å². The van der Waals surface area contributed by atoms with E-state index in [1.165, 1.54) is 4.90 Å². The van der Waals surface area contributed by atoms with Crippen molar-refractivity contribution >= 4 is 34.9 Å². The molecule has 2 fully saturated rings. The van der Waals surface area contributed by atoms with Crippen LogP contribution >= 0.6 is 0 Å². The number of rotatable bonds is 3. The summed E-state index contributed by atoms with van der Waals surface area (Å²) in [5, 5.41) is 24.9. The SMILES string of the molecule is Cc1cc2nn([C@H]3C[C@H]4C(=O)N[C@@]5(C(=O)O)C[C@H]5/C=C\CCCCC[C@H](NC(=O)OC(C)(C)C)C(=O)N4C3)nc2cc1C. The molecule has 5 atom stereocenters. The zero-order valence-corrected chi connectivity index (χ0v) is 25.6. The lowest BCUT2D eigenvalue weighted by molar-refractivity contribution is -0.145. The molecule has 1 saturated carbocycles. The van der Waals surface area contributed by atoms with Crippen LogP contribution in [0.25, 0.3) is 11.0 Å². The summed E-state index contributed by atoms with van der Waals surface area (Å²) < 4.78 is 5.45. The zero-order valence-electron chi connectivity index (χ0n) is 25.6. The second kappa shape index (κ2) is 11.6. The van der Waals surface area contributed by atoms with E-state index in [1.807, 2.05) is 38.1 Å². The molecule has 3 amide bonds. The maximum Gasteiger partial charge on any atom is 0.408 e. The molecule has 2 aliphatic heterocycles. The summed E-state index contributed by atoms with van der Waals surface area (Å²) in [5.41, 5.74) is 1.43. The fraction of sp³-hybridized carbons (Fsp3) is 0.613. The van der Waals surface area contributed by atoms with Crippen LogP contribution in [0.15, 0.2) is 24.3 Å². The maximum absolute atomic E-state index is 14.2. The third-order valence-electron chi connectivity index (χ3n) is 8.67. The molecule has 0 radical (unpaired) electrons. The molecule has 0 spiro atoms. The maximum atomic E-state index is 14.2. The van der Waals surface area contributed by atoms with Gasteiger partial charge in [0.15, 0.2) is 0 Å². The Labute approximate surface area is 251 Å². The molecule has 1 saturated heterocycles. The molecule has 2 aromatic rings. The third kappa shape index (κ3) is 6.52. The first-order valence-corrected chi connectivity index (χ1v) is 15.1. The van der Waals surface area contributed by atoms with Crippen molar-refractivity contribution < 1.29 is 29.0 Å². The van der Waals surface area contributed by atoms with Gasteiger partial charge in [-0.3, -0.25) is 9.59 Å². The molecule has 3 aliphatic rings. The van der Waals surface area contributed by atoms with Gasteiger partial charge in [-0.2, -0.15) is 15.0 Å². The normalized spacial score (nSPS) is 29.1. The van der Waals surface area contributed by atoms with Gasteiger partial charge in [0.05, 0.1) is 6.04 Å². The predicted molar refractivity (Wildman–Crippen MR) is 158 cm³/mol. The largest absolute Gasteiger partial charge is 0.479 e. The highest BCUT2D eigenvalue weighted by Gasteiger charge is 2.61. The fourth-order valence-corrected chi connectivity index (χ4v) is 6.05. The van der Waals surface area contributed by atoms with Gasteiger partial charge in [-0.1, -0.05) is 25.0 Å². The molecule has 232 valence electrons. The Hall–Kier alpha value is -3.96. The van der Waals surface area contributed by atoms with Gasteiger partial charge >= 0.3 is 12.1 Å². The number of carbonyl (C=O) groups excluding carboxylic acids is 3. The van der Waals surface area contributed by atoms with Crippen LogP contribution < -0.4 is 10.6 Å². The number of carbonyl (C=O) groups is 4. The lowest BCUT2D eigenvalue weighted by Gasteiger charge is -2.30. The first-order valence-electron chi connectivity index (χ1n) is 15.1. The molecular formula is C31H42N6O6. The summed E-state index contributed by atoms with van der Waals surface area (Å²) in [6, 6.07) is 1.60. The van der Waals surface area contributed by atoms with E-state index in [0.29, 0.717) is 30.3 Å². The quantitative estimate of drug-likeness (QED) is 0.456. The topological polar surface area (TPSA) is 156 Å². The van der Waals surface area contributed by atoms with Crippen LogP contribution in [0.1, 0.15) is 82.9 Å². The van der Waals surface area contributed by atoms with Gasteiger partial charge in [0, 0.05) is 18.9 Å². The van der Waals surface area contributed by atoms with Gasteiger partial charge in [0.1, 0.15) is 34.3 Å². The molecule has 3 N–H and O–H groups in total. The van der Waals surface area contributed by atoms with Crippen LogP contribution in [0.4, 0.5) is 4.79 Å². The van der Waals surface area contributed by atoms with Crippen LogP contribution in [0, 0.1) is 19.8 Å². The van der Waals surface area contributed by atoms with Crippen LogP contribution in [0.3, 0.4) is 0 Å². The summed E-state index contributed by atoms with van der Waals surface area (Å²) in [4.78, 5) is 56.1. The highest BCUT2D eigenvalue weighted by molar-refractivity contribution is 5.96. The van der Waals surface area contributed by atoms with E-state index in [2.05, 4.69) is 20.8 Å². The number of aliphatic carboxylic acids is 1. The highest BCUT2D eigenvalue weighted by atomic mass is 16.6. The second-order valence-electron chi connectivity index (χ2n) is 13.2. The molecule has 43 heavy (non-hydrogen) atoms. The Morgan fingerprint density at radius 3 is 2.40 bits per heavy atom. The molecular weight excluding hydrogens is 552 g/mol. The highest BCUT2D eigenvalue weighted by Crippen LogP contribution is 2.45. The summed E-state index contributed by atoms with van der Waals surface area (Å²) in [6.07, 6.45) is 7.14. The van der Waals surface area contributed by atoms with Gasteiger partial charge in [-0.15, -0.1) is 0 Å². The lowest BCUT2D eigenvalue weighted by atomic mass is 10.0. The van der Waals surface area contributed by atoms with E-state index < -0.39 is 53.1 Å². The van der Waals surface area contributed by atoms with Crippen molar-refractivity contribution in [3.05, 3.63) is 35.4 Å². The van der Waals surface area contributed by atoms with Crippen LogP contribution in [0.2, 0.25) is 0 Å². The molecule has 1 aromatic heterocycles. The van der Waals surface area contributed by atoms with Crippen LogP contribution in [0.5, 0.6) is 0 Å².